The SMILES string of the molecule is c1ccc(-c2nc(-n3c4cc5c(cc4c4c6ccccc6ccc43)-c3ccccc3C53c4ccccc4Oc4ccccc43)nc3ccccc23)cc1. The predicted molar refractivity (Wildman–Crippen MR) is 214 cm³/mol. The molecule has 0 fully saturated rings. The van der Waals surface area contributed by atoms with E-state index < -0.39 is 5.41 Å². The van der Waals surface area contributed by atoms with Gasteiger partial charge in [-0.15, -0.1) is 0 Å². The second kappa shape index (κ2) is 10.5. The predicted octanol–water partition coefficient (Wildman–Crippen LogP) is 12.0. The molecule has 0 saturated heterocycles. The molecule has 1 aliphatic heterocycles. The standard InChI is InChI=1S/C49H29N3O/c1-2-15-31(16-3-1)47-34-19-7-11-23-41(34)50-48(51-47)52-42-27-26-30-14-4-5-17-32(30)46(42)36-28-35-33-18-6-8-20-37(33)49(40(35)29-43(36)52)38-21-9-12-24-44(38)53-45-25-13-10-22-39(45)49/h1-29H. The molecule has 0 saturated carbocycles. The molecule has 1 spiro atoms. The van der Waals surface area contributed by atoms with Crippen LogP contribution in [0, 0.1) is 0 Å². The lowest BCUT2D eigenvalue weighted by molar-refractivity contribution is 0.436. The number of aromatic nitrogens is 3. The summed E-state index contributed by atoms with van der Waals surface area (Å²) in [5.74, 6) is 2.41. The highest BCUT2D eigenvalue weighted by molar-refractivity contribution is 6.22. The lowest BCUT2D eigenvalue weighted by Crippen LogP contribution is -2.32. The molecule has 53 heavy (non-hydrogen) atoms. The molecule has 246 valence electrons. The topological polar surface area (TPSA) is 39.9 Å². The summed E-state index contributed by atoms with van der Waals surface area (Å²) >= 11 is 0. The first kappa shape index (κ1) is 28.6. The molecule has 8 aromatic carbocycles. The quantitative estimate of drug-likeness (QED) is 0.183. The van der Waals surface area contributed by atoms with Gasteiger partial charge in [0.2, 0.25) is 5.95 Å². The zero-order valence-corrected chi connectivity index (χ0v) is 28.5. The molecular formula is C49H29N3O. The Hall–Kier alpha value is -7.04. The summed E-state index contributed by atoms with van der Waals surface area (Å²) in [5.41, 5.74) is 11.7. The summed E-state index contributed by atoms with van der Waals surface area (Å²) < 4.78 is 8.94. The van der Waals surface area contributed by atoms with Gasteiger partial charge in [0.05, 0.1) is 27.7 Å². The number of rotatable bonds is 2. The Labute approximate surface area is 305 Å². The number of nitrogens with zero attached hydrogens (tertiary/aromatic N) is 3. The van der Waals surface area contributed by atoms with Gasteiger partial charge in [-0.1, -0.05) is 140 Å². The molecule has 4 heteroatoms. The van der Waals surface area contributed by atoms with Gasteiger partial charge in [0, 0.05) is 32.8 Å². The Morgan fingerprint density at radius 1 is 0.453 bits per heavy atom. The van der Waals surface area contributed by atoms with Crippen LogP contribution in [0.2, 0.25) is 0 Å². The van der Waals surface area contributed by atoms with Crippen LogP contribution in [-0.4, -0.2) is 14.5 Å². The smallest absolute Gasteiger partial charge is 0.235 e. The molecule has 0 unspecified atom stereocenters. The van der Waals surface area contributed by atoms with E-state index in [9.17, 15) is 0 Å². The van der Waals surface area contributed by atoms with Gasteiger partial charge in [-0.05, 0) is 69.4 Å². The van der Waals surface area contributed by atoms with Crippen molar-refractivity contribution in [1.29, 1.82) is 0 Å². The zero-order chi connectivity index (χ0) is 34.7. The Morgan fingerprint density at radius 2 is 1.11 bits per heavy atom. The van der Waals surface area contributed by atoms with Crippen molar-refractivity contribution in [2.75, 3.05) is 0 Å². The maximum Gasteiger partial charge on any atom is 0.235 e. The largest absolute Gasteiger partial charge is 0.457 e. The van der Waals surface area contributed by atoms with Gasteiger partial charge >= 0.3 is 0 Å². The highest BCUT2D eigenvalue weighted by atomic mass is 16.5. The van der Waals surface area contributed by atoms with Crippen molar-refractivity contribution >= 4 is 43.5 Å². The van der Waals surface area contributed by atoms with Gasteiger partial charge in [0.1, 0.15) is 11.5 Å². The van der Waals surface area contributed by atoms with E-state index in [-0.39, 0.29) is 0 Å². The van der Waals surface area contributed by atoms with Crippen LogP contribution in [-0.2, 0) is 5.41 Å². The van der Waals surface area contributed by atoms with E-state index in [1.54, 1.807) is 0 Å². The fourth-order valence-corrected chi connectivity index (χ4v) is 9.33. The highest BCUT2D eigenvalue weighted by Crippen LogP contribution is 2.62. The zero-order valence-electron chi connectivity index (χ0n) is 28.5. The van der Waals surface area contributed by atoms with Crippen LogP contribution in [0.5, 0.6) is 11.5 Å². The Bertz CT molecular complexity index is 3110. The lowest BCUT2D eigenvalue weighted by atomic mass is 9.66. The first-order chi connectivity index (χ1) is 26.3. The molecule has 0 atom stereocenters. The van der Waals surface area contributed by atoms with Crippen LogP contribution in [0.25, 0.3) is 71.8 Å². The van der Waals surface area contributed by atoms with Crippen LogP contribution in [0.15, 0.2) is 176 Å². The highest BCUT2D eigenvalue weighted by Gasteiger charge is 2.51. The molecule has 3 heterocycles. The first-order valence-electron chi connectivity index (χ1n) is 18.1. The molecule has 2 aliphatic rings. The molecule has 2 aromatic heterocycles. The van der Waals surface area contributed by atoms with Crippen molar-refractivity contribution in [3.05, 3.63) is 198 Å². The fourth-order valence-electron chi connectivity index (χ4n) is 9.33. The second-order valence-corrected chi connectivity index (χ2v) is 14.1. The van der Waals surface area contributed by atoms with Crippen molar-refractivity contribution in [2.24, 2.45) is 0 Å². The van der Waals surface area contributed by atoms with E-state index in [0.29, 0.717) is 5.95 Å². The van der Waals surface area contributed by atoms with Crippen LogP contribution in [0.3, 0.4) is 0 Å². The lowest BCUT2D eigenvalue weighted by Gasteiger charge is -2.39. The molecule has 0 amide bonds. The summed E-state index contributed by atoms with van der Waals surface area (Å²) in [6, 6.07) is 62.8. The van der Waals surface area contributed by atoms with Gasteiger partial charge < -0.3 is 4.74 Å². The molecular weight excluding hydrogens is 647 g/mol. The summed E-state index contributed by atoms with van der Waals surface area (Å²) in [6.45, 7) is 0. The summed E-state index contributed by atoms with van der Waals surface area (Å²) in [6.07, 6.45) is 0. The average Bonchev–Trinajstić information content (AvgIpc) is 3.70. The maximum absolute atomic E-state index is 6.64. The summed E-state index contributed by atoms with van der Waals surface area (Å²) in [5, 5.41) is 5.81. The van der Waals surface area contributed by atoms with Gasteiger partial charge in [0.25, 0.3) is 0 Å². The van der Waals surface area contributed by atoms with E-state index in [4.69, 9.17) is 14.7 Å². The molecule has 4 nitrogen and oxygen atoms in total. The van der Waals surface area contributed by atoms with Gasteiger partial charge in [0.15, 0.2) is 0 Å². The summed E-state index contributed by atoms with van der Waals surface area (Å²) in [7, 11) is 0. The van der Waals surface area contributed by atoms with Crippen molar-refractivity contribution in [3.63, 3.8) is 0 Å². The van der Waals surface area contributed by atoms with E-state index in [2.05, 4.69) is 174 Å². The third-order valence-corrected chi connectivity index (χ3v) is 11.5. The molecule has 0 radical (unpaired) electrons. The van der Waals surface area contributed by atoms with E-state index in [1.807, 2.05) is 6.07 Å². The van der Waals surface area contributed by atoms with E-state index >= 15 is 0 Å². The minimum atomic E-state index is -0.589. The summed E-state index contributed by atoms with van der Waals surface area (Å²) in [4.78, 5) is 10.8. The number of ether oxygens (including phenoxy) is 1. The molecule has 10 aromatic rings. The van der Waals surface area contributed by atoms with E-state index in [1.165, 1.54) is 43.8 Å². The van der Waals surface area contributed by atoms with Crippen LogP contribution in [0.4, 0.5) is 0 Å². The van der Waals surface area contributed by atoms with Crippen molar-refractivity contribution in [3.8, 4) is 39.8 Å². The minimum Gasteiger partial charge on any atom is -0.457 e. The molecule has 12 rings (SSSR count). The van der Waals surface area contributed by atoms with E-state index in [0.717, 1.165) is 55.8 Å². The Kier molecular flexibility index (Phi) is 5.67. The van der Waals surface area contributed by atoms with Crippen LogP contribution in [0.1, 0.15) is 22.3 Å². The number of para-hydroxylation sites is 3. The van der Waals surface area contributed by atoms with Crippen LogP contribution >= 0.6 is 0 Å². The molecule has 0 N–H and O–H groups in total. The third-order valence-electron chi connectivity index (χ3n) is 11.5. The number of benzene rings is 8. The molecule has 1 aliphatic carbocycles. The molecule has 0 bridgehead atoms. The Morgan fingerprint density at radius 3 is 1.92 bits per heavy atom. The van der Waals surface area contributed by atoms with Gasteiger partial charge in [-0.3, -0.25) is 4.57 Å². The third kappa shape index (κ3) is 3.74. The second-order valence-electron chi connectivity index (χ2n) is 14.1. The van der Waals surface area contributed by atoms with Crippen molar-refractivity contribution < 1.29 is 4.74 Å². The number of hydrogen-bond donors (Lipinski definition) is 0. The maximum atomic E-state index is 6.64. The normalized spacial score (nSPS) is 13.6. The average molecular weight is 676 g/mol. The van der Waals surface area contributed by atoms with Crippen molar-refractivity contribution in [1.82, 2.24) is 14.5 Å². The van der Waals surface area contributed by atoms with Crippen molar-refractivity contribution in [2.45, 2.75) is 5.41 Å². The Balaban J connectivity index is 1.27. The van der Waals surface area contributed by atoms with Gasteiger partial charge in [-0.2, -0.15) is 0 Å². The monoisotopic (exact) mass is 675 g/mol. The fraction of sp³-hybridized carbons (Fsp3) is 0.0204. The number of hydrogen-bond acceptors (Lipinski definition) is 3. The van der Waals surface area contributed by atoms with Crippen LogP contribution < -0.4 is 4.74 Å². The first-order valence-corrected chi connectivity index (χ1v) is 18.1. The minimum absolute atomic E-state index is 0.589. The van der Waals surface area contributed by atoms with Gasteiger partial charge in [-0.25, -0.2) is 9.97 Å². The number of fused-ring (bicyclic) bond motifs is 15.